The second kappa shape index (κ2) is 6.12. The van der Waals surface area contributed by atoms with Crippen LogP contribution in [0, 0.1) is 5.92 Å². The molecule has 1 aliphatic heterocycles. The average molecular weight is 264 g/mol. The normalized spacial score (nSPS) is 21.3. The van der Waals surface area contributed by atoms with Gasteiger partial charge in [0.1, 0.15) is 5.69 Å². The molecule has 1 aliphatic rings. The zero-order valence-corrected chi connectivity index (χ0v) is 11.4. The van der Waals surface area contributed by atoms with Crippen molar-refractivity contribution in [1.29, 1.82) is 0 Å². The van der Waals surface area contributed by atoms with Crippen molar-refractivity contribution in [1.82, 2.24) is 9.88 Å². The van der Waals surface area contributed by atoms with Crippen LogP contribution in [0.15, 0.2) is 18.2 Å². The Morgan fingerprint density at radius 2 is 2.42 bits per heavy atom. The van der Waals surface area contributed by atoms with E-state index in [-0.39, 0.29) is 6.10 Å². The second-order valence-corrected chi connectivity index (χ2v) is 5.03. The number of carbonyl (C=O) groups excluding carboxylic acids is 1. The number of methoxy groups -OCH3 is 1. The fourth-order valence-corrected chi connectivity index (χ4v) is 2.41. The van der Waals surface area contributed by atoms with Gasteiger partial charge >= 0.3 is 5.97 Å². The molecule has 2 unspecified atom stereocenters. The van der Waals surface area contributed by atoms with Crippen molar-refractivity contribution in [2.45, 2.75) is 26.0 Å². The molecule has 1 aromatic heterocycles. The molecule has 1 N–H and O–H groups in total. The maximum atomic E-state index is 11.4. The van der Waals surface area contributed by atoms with Crippen molar-refractivity contribution in [3.8, 4) is 0 Å². The molecule has 1 saturated heterocycles. The van der Waals surface area contributed by atoms with Gasteiger partial charge in [-0.1, -0.05) is 6.07 Å². The van der Waals surface area contributed by atoms with E-state index in [1.807, 2.05) is 19.1 Å². The topological polar surface area (TPSA) is 62.7 Å². The molecule has 0 radical (unpaired) electrons. The largest absolute Gasteiger partial charge is 0.464 e. The highest BCUT2D eigenvalue weighted by molar-refractivity contribution is 5.87. The van der Waals surface area contributed by atoms with Crippen LogP contribution in [0.25, 0.3) is 0 Å². The lowest BCUT2D eigenvalue weighted by Crippen LogP contribution is -2.24. The summed E-state index contributed by atoms with van der Waals surface area (Å²) >= 11 is 0. The first-order valence-corrected chi connectivity index (χ1v) is 6.55. The van der Waals surface area contributed by atoms with Gasteiger partial charge in [0.05, 0.1) is 18.9 Å². The summed E-state index contributed by atoms with van der Waals surface area (Å²) in [6.07, 6.45) is 0.744. The van der Waals surface area contributed by atoms with Gasteiger partial charge in [0.15, 0.2) is 0 Å². The fraction of sp³-hybridized carbons (Fsp3) is 0.571. The zero-order valence-electron chi connectivity index (χ0n) is 11.4. The van der Waals surface area contributed by atoms with Crippen molar-refractivity contribution in [3.63, 3.8) is 0 Å². The third-order valence-corrected chi connectivity index (χ3v) is 3.58. The quantitative estimate of drug-likeness (QED) is 0.824. The Bertz CT molecular complexity index is 448. The molecule has 1 fully saturated rings. The Labute approximate surface area is 113 Å². The first kappa shape index (κ1) is 14.0. The van der Waals surface area contributed by atoms with E-state index in [1.165, 1.54) is 7.11 Å². The van der Waals surface area contributed by atoms with Crippen LogP contribution in [-0.4, -0.2) is 47.3 Å². The maximum Gasteiger partial charge on any atom is 0.356 e. The molecule has 0 spiro atoms. The number of aliphatic hydroxyl groups is 1. The Morgan fingerprint density at radius 1 is 1.63 bits per heavy atom. The lowest BCUT2D eigenvalue weighted by Gasteiger charge is -2.17. The molecule has 2 atom stereocenters. The van der Waals surface area contributed by atoms with Crippen molar-refractivity contribution < 1.29 is 14.6 Å². The van der Waals surface area contributed by atoms with E-state index in [1.54, 1.807) is 6.07 Å². The molecular weight excluding hydrogens is 244 g/mol. The lowest BCUT2D eigenvalue weighted by atomic mass is 10.0. The van der Waals surface area contributed by atoms with Gasteiger partial charge in [0.2, 0.25) is 0 Å². The van der Waals surface area contributed by atoms with Gasteiger partial charge in [-0.15, -0.1) is 0 Å². The summed E-state index contributed by atoms with van der Waals surface area (Å²) in [5, 5.41) is 9.58. The highest BCUT2D eigenvalue weighted by Crippen LogP contribution is 2.21. The lowest BCUT2D eigenvalue weighted by molar-refractivity contribution is 0.0593. The summed E-state index contributed by atoms with van der Waals surface area (Å²) in [5.74, 6) is -0.0751. The first-order chi connectivity index (χ1) is 9.10. The number of esters is 1. The predicted molar refractivity (Wildman–Crippen MR) is 70.6 cm³/mol. The first-order valence-electron chi connectivity index (χ1n) is 6.55. The Kier molecular flexibility index (Phi) is 4.50. The molecule has 0 aromatic carbocycles. The SMILES string of the molecule is COC(=O)c1cccc(CN2CCC(C(C)O)C2)n1. The minimum absolute atomic E-state index is 0.264. The van der Waals surface area contributed by atoms with Crippen LogP contribution in [0.4, 0.5) is 0 Å². The van der Waals surface area contributed by atoms with Crippen molar-refractivity contribution in [2.24, 2.45) is 5.92 Å². The molecule has 2 rings (SSSR count). The zero-order chi connectivity index (χ0) is 13.8. The summed E-state index contributed by atoms with van der Waals surface area (Å²) < 4.78 is 4.66. The van der Waals surface area contributed by atoms with E-state index in [2.05, 4.69) is 14.6 Å². The Hall–Kier alpha value is -1.46. The molecule has 104 valence electrons. The smallest absolute Gasteiger partial charge is 0.356 e. The van der Waals surface area contributed by atoms with Crippen molar-refractivity contribution >= 4 is 5.97 Å². The summed E-state index contributed by atoms with van der Waals surface area (Å²) in [6.45, 7) is 4.37. The van der Waals surface area contributed by atoms with Crippen LogP contribution in [0.5, 0.6) is 0 Å². The summed E-state index contributed by atoms with van der Waals surface area (Å²) in [4.78, 5) is 18.0. The highest BCUT2D eigenvalue weighted by Gasteiger charge is 2.26. The minimum atomic E-state index is -0.412. The molecule has 1 aromatic rings. The number of hydrogen-bond donors (Lipinski definition) is 1. The molecule has 5 heteroatoms. The van der Waals surface area contributed by atoms with Gasteiger partial charge in [0.25, 0.3) is 0 Å². The maximum absolute atomic E-state index is 11.4. The molecule has 2 heterocycles. The van der Waals surface area contributed by atoms with Gasteiger partial charge in [-0.3, -0.25) is 4.90 Å². The average Bonchev–Trinajstić information content (AvgIpc) is 2.87. The number of hydrogen-bond acceptors (Lipinski definition) is 5. The molecule has 0 bridgehead atoms. The number of rotatable bonds is 4. The van der Waals surface area contributed by atoms with Crippen LogP contribution < -0.4 is 0 Å². The molecule has 0 saturated carbocycles. The van der Waals surface area contributed by atoms with E-state index >= 15 is 0 Å². The van der Waals surface area contributed by atoms with Crippen LogP contribution in [-0.2, 0) is 11.3 Å². The number of carbonyl (C=O) groups is 1. The number of ether oxygens (including phenoxy) is 1. The summed E-state index contributed by atoms with van der Waals surface area (Å²) in [6, 6.07) is 5.37. The Balaban J connectivity index is 1.98. The summed E-state index contributed by atoms with van der Waals surface area (Å²) in [7, 11) is 1.35. The van der Waals surface area contributed by atoms with Gasteiger partial charge in [-0.2, -0.15) is 0 Å². The molecular formula is C14H20N2O3. The van der Waals surface area contributed by atoms with E-state index in [0.29, 0.717) is 18.2 Å². The molecule has 0 amide bonds. The highest BCUT2D eigenvalue weighted by atomic mass is 16.5. The van der Waals surface area contributed by atoms with E-state index in [9.17, 15) is 9.90 Å². The van der Waals surface area contributed by atoms with Gasteiger partial charge in [-0.25, -0.2) is 9.78 Å². The van der Waals surface area contributed by atoms with Crippen LogP contribution >= 0.6 is 0 Å². The molecule has 0 aliphatic carbocycles. The van der Waals surface area contributed by atoms with E-state index in [0.717, 1.165) is 25.2 Å². The summed E-state index contributed by atoms with van der Waals surface area (Å²) in [5.41, 5.74) is 1.19. The van der Waals surface area contributed by atoms with Gasteiger partial charge in [0, 0.05) is 13.1 Å². The number of likely N-dealkylation sites (tertiary alicyclic amines) is 1. The monoisotopic (exact) mass is 264 g/mol. The number of aliphatic hydroxyl groups excluding tert-OH is 1. The van der Waals surface area contributed by atoms with Crippen LogP contribution in [0.1, 0.15) is 29.5 Å². The third-order valence-electron chi connectivity index (χ3n) is 3.58. The van der Waals surface area contributed by atoms with E-state index < -0.39 is 5.97 Å². The molecule has 19 heavy (non-hydrogen) atoms. The van der Waals surface area contributed by atoms with Crippen molar-refractivity contribution in [3.05, 3.63) is 29.6 Å². The standard InChI is InChI=1S/C14H20N2O3/c1-10(17)11-6-7-16(8-11)9-12-4-3-5-13(15-12)14(18)19-2/h3-5,10-11,17H,6-9H2,1-2H3. The minimum Gasteiger partial charge on any atom is -0.464 e. The third kappa shape index (κ3) is 3.52. The van der Waals surface area contributed by atoms with E-state index in [4.69, 9.17) is 0 Å². The Morgan fingerprint density at radius 3 is 3.05 bits per heavy atom. The number of pyridine rings is 1. The predicted octanol–water partition coefficient (Wildman–Crippen LogP) is 1.07. The van der Waals surface area contributed by atoms with Gasteiger partial charge in [-0.05, 0) is 37.9 Å². The number of aromatic nitrogens is 1. The van der Waals surface area contributed by atoms with Crippen LogP contribution in [0.3, 0.4) is 0 Å². The van der Waals surface area contributed by atoms with Crippen LogP contribution in [0.2, 0.25) is 0 Å². The molecule has 5 nitrogen and oxygen atoms in total. The second-order valence-electron chi connectivity index (χ2n) is 5.03. The van der Waals surface area contributed by atoms with Crippen molar-refractivity contribution in [2.75, 3.05) is 20.2 Å². The number of nitrogens with zero attached hydrogens (tertiary/aromatic N) is 2. The fourth-order valence-electron chi connectivity index (χ4n) is 2.41. The van der Waals surface area contributed by atoms with Gasteiger partial charge < -0.3 is 9.84 Å².